The van der Waals surface area contributed by atoms with Crippen LogP contribution in [0, 0.1) is 0 Å². The maximum atomic E-state index is 6.18. The van der Waals surface area contributed by atoms with Crippen LogP contribution in [0.25, 0.3) is 22.1 Å². The number of hydrogen-bond acceptors (Lipinski definition) is 0. The van der Waals surface area contributed by atoms with Crippen molar-refractivity contribution in [3.8, 4) is 0 Å². The summed E-state index contributed by atoms with van der Waals surface area (Å²) in [6, 6.07) is 12.2. The van der Waals surface area contributed by atoms with Crippen LogP contribution in [0.5, 0.6) is 0 Å². The quantitative estimate of drug-likeness (QED) is 0.342. The Balaban J connectivity index is 1.50. The van der Waals surface area contributed by atoms with E-state index in [9.17, 15) is 0 Å². The molecule has 0 aliphatic carbocycles. The van der Waals surface area contributed by atoms with Crippen LogP contribution < -0.4 is 9.13 Å². The SMILES string of the molecule is Cn1c(CCCCc2n(C)c3cc(Cl)ccc3[n+]2C)[n+](C)c2ccc(Cl)cc21. The molecule has 0 aliphatic rings. The number of rotatable bonds is 5. The average molecular weight is 417 g/mol. The third-order valence-electron chi connectivity index (χ3n) is 5.92. The van der Waals surface area contributed by atoms with Gasteiger partial charge in [-0.05, 0) is 37.1 Å². The average Bonchev–Trinajstić information content (AvgIpc) is 3.04. The van der Waals surface area contributed by atoms with Crippen LogP contribution in [-0.2, 0) is 41.0 Å². The van der Waals surface area contributed by atoms with E-state index in [0.29, 0.717) is 0 Å². The summed E-state index contributed by atoms with van der Waals surface area (Å²) >= 11 is 12.4. The van der Waals surface area contributed by atoms with Crippen LogP contribution in [0.3, 0.4) is 0 Å². The van der Waals surface area contributed by atoms with Crippen molar-refractivity contribution in [3.05, 3.63) is 58.1 Å². The number of imidazole rings is 2. The van der Waals surface area contributed by atoms with Gasteiger partial charge in [0.05, 0.1) is 28.2 Å². The first-order valence-corrected chi connectivity index (χ1v) is 10.4. The molecule has 0 saturated carbocycles. The fourth-order valence-corrected chi connectivity index (χ4v) is 4.67. The molecule has 0 atom stereocenters. The first kappa shape index (κ1) is 19.3. The lowest BCUT2D eigenvalue weighted by molar-refractivity contribution is -0.654. The Morgan fingerprint density at radius 3 is 1.50 bits per heavy atom. The Morgan fingerprint density at radius 2 is 1.11 bits per heavy atom. The Labute approximate surface area is 175 Å². The van der Waals surface area contributed by atoms with Crippen LogP contribution >= 0.6 is 23.2 Å². The van der Waals surface area contributed by atoms with Crippen LogP contribution in [0.15, 0.2) is 36.4 Å². The van der Waals surface area contributed by atoms with Crippen LogP contribution in [0.2, 0.25) is 10.0 Å². The molecule has 0 bridgehead atoms. The molecular formula is C22H26Cl2N4+2. The standard InChI is InChI=1S/C22H26Cl2N4/c1-25-17-11-9-15(23)13-19(17)27(3)21(25)7-5-6-8-22-26(2)18-12-10-16(24)14-20(18)28(22)4/h9-14H,5-8H2,1-4H3/q+2. The van der Waals surface area contributed by atoms with Crippen molar-refractivity contribution in [1.82, 2.24) is 9.13 Å². The van der Waals surface area contributed by atoms with Crippen molar-refractivity contribution in [2.45, 2.75) is 25.7 Å². The minimum Gasteiger partial charge on any atom is -0.230 e. The topological polar surface area (TPSA) is 17.6 Å². The fraction of sp³-hybridized carbons (Fsp3) is 0.364. The van der Waals surface area contributed by atoms with Crippen molar-refractivity contribution in [2.75, 3.05) is 0 Å². The van der Waals surface area contributed by atoms with Crippen LogP contribution in [-0.4, -0.2) is 9.13 Å². The van der Waals surface area contributed by atoms with E-state index < -0.39 is 0 Å². The largest absolute Gasteiger partial charge is 0.256 e. The predicted molar refractivity (Wildman–Crippen MR) is 115 cm³/mol. The van der Waals surface area contributed by atoms with Gasteiger partial charge in [0, 0.05) is 35.0 Å². The summed E-state index contributed by atoms with van der Waals surface area (Å²) < 4.78 is 9.09. The van der Waals surface area contributed by atoms with Gasteiger partial charge in [0.2, 0.25) is 0 Å². The van der Waals surface area contributed by atoms with Gasteiger partial charge in [-0.2, -0.15) is 0 Å². The molecule has 146 valence electrons. The number of fused-ring (bicyclic) bond motifs is 2. The summed E-state index contributed by atoms with van der Waals surface area (Å²) in [5.41, 5.74) is 4.81. The first-order valence-electron chi connectivity index (χ1n) is 9.64. The number of nitrogens with zero attached hydrogens (tertiary/aromatic N) is 4. The Kier molecular flexibility index (Phi) is 5.11. The Bertz CT molecular complexity index is 1090. The Hall–Kier alpha value is -2.04. The number of hydrogen-bond donors (Lipinski definition) is 0. The summed E-state index contributed by atoms with van der Waals surface area (Å²) in [6.07, 6.45) is 4.35. The van der Waals surface area contributed by atoms with Crippen molar-refractivity contribution in [2.24, 2.45) is 28.2 Å². The van der Waals surface area contributed by atoms with Crippen molar-refractivity contribution < 1.29 is 9.13 Å². The third kappa shape index (κ3) is 3.19. The van der Waals surface area contributed by atoms with E-state index in [4.69, 9.17) is 23.2 Å². The molecule has 2 aromatic heterocycles. The molecule has 0 amide bonds. The van der Waals surface area contributed by atoms with Crippen molar-refractivity contribution in [1.29, 1.82) is 0 Å². The summed E-state index contributed by atoms with van der Waals surface area (Å²) in [5, 5.41) is 1.56. The highest BCUT2D eigenvalue weighted by Crippen LogP contribution is 2.21. The van der Waals surface area contributed by atoms with Crippen LogP contribution in [0.1, 0.15) is 24.5 Å². The normalized spacial score (nSPS) is 11.8. The predicted octanol–water partition coefficient (Wildman–Crippen LogP) is 4.19. The van der Waals surface area contributed by atoms with Gasteiger partial charge in [0.1, 0.15) is 0 Å². The lowest BCUT2D eigenvalue weighted by Crippen LogP contribution is -2.33. The second kappa shape index (κ2) is 7.41. The fourth-order valence-electron chi connectivity index (χ4n) is 4.34. The molecule has 2 heterocycles. The third-order valence-corrected chi connectivity index (χ3v) is 6.39. The number of benzene rings is 2. The molecule has 4 rings (SSSR count). The van der Waals surface area contributed by atoms with Gasteiger partial charge in [0.15, 0.2) is 22.1 Å². The molecule has 0 saturated heterocycles. The smallest absolute Gasteiger partial charge is 0.230 e. The van der Waals surface area contributed by atoms with Gasteiger partial charge in [-0.25, -0.2) is 18.3 Å². The molecule has 0 spiro atoms. The van der Waals surface area contributed by atoms with Crippen LogP contribution in [0.4, 0.5) is 0 Å². The number of unbranched alkanes of at least 4 members (excludes halogenated alkanes) is 1. The summed E-state index contributed by atoms with van der Waals surface area (Å²) in [6.45, 7) is 0. The van der Waals surface area contributed by atoms with E-state index in [1.54, 1.807) is 0 Å². The lowest BCUT2D eigenvalue weighted by Gasteiger charge is -2.00. The molecule has 4 nitrogen and oxygen atoms in total. The molecular weight excluding hydrogens is 391 g/mol. The molecule has 0 aliphatic heterocycles. The van der Waals surface area contributed by atoms with Gasteiger partial charge in [-0.3, -0.25) is 0 Å². The van der Waals surface area contributed by atoms with E-state index in [-0.39, 0.29) is 0 Å². The number of aryl methyl sites for hydroxylation is 4. The number of halogens is 2. The zero-order chi connectivity index (χ0) is 20.0. The van der Waals surface area contributed by atoms with Gasteiger partial charge < -0.3 is 0 Å². The molecule has 0 N–H and O–H groups in total. The summed E-state index contributed by atoms with van der Waals surface area (Å²) in [4.78, 5) is 0. The maximum absolute atomic E-state index is 6.18. The van der Waals surface area contributed by atoms with Gasteiger partial charge >= 0.3 is 0 Å². The minimum absolute atomic E-state index is 0.781. The molecule has 4 aromatic rings. The zero-order valence-corrected chi connectivity index (χ0v) is 18.3. The van der Waals surface area contributed by atoms with Gasteiger partial charge in [-0.15, -0.1) is 0 Å². The first-order chi connectivity index (χ1) is 13.4. The highest BCUT2D eigenvalue weighted by molar-refractivity contribution is 6.31. The highest BCUT2D eigenvalue weighted by Gasteiger charge is 2.22. The molecule has 6 heteroatoms. The molecule has 0 unspecified atom stereocenters. The van der Waals surface area contributed by atoms with E-state index in [0.717, 1.165) is 35.7 Å². The summed E-state index contributed by atoms with van der Waals surface area (Å²) in [7, 11) is 8.53. The zero-order valence-electron chi connectivity index (χ0n) is 16.8. The highest BCUT2D eigenvalue weighted by atomic mass is 35.5. The minimum atomic E-state index is 0.781. The maximum Gasteiger partial charge on any atom is 0.256 e. The monoisotopic (exact) mass is 416 g/mol. The van der Waals surface area contributed by atoms with E-state index in [1.807, 2.05) is 24.3 Å². The van der Waals surface area contributed by atoms with E-state index in [1.165, 1.54) is 33.7 Å². The molecule has 28 heavy (non-hydrogen) atoms. The van der Waals surface area contributed by atoms with Crippen molar-refractivity contribution in [3.63, 3.8) is 0 Å². The summed E-state index contributed by atoms with van der Waals surface area (Å²) in [5.74, 6) is 2.65. The number of aromatic nitrogens is 4. The second-order valence-corrected chi connectivity index (χ2v) is 8.41. The van der Waals surface area contributed by atoms with Gasteiger partial charge in [-0.1, -0.05) is 23.2 Å². The van der Waals surface area contributed by atoms with E-state index in [2.05, 4.69) is 58.6 Å². The molecule has 0 fully saturated rings. The van der Waals surface area contributed by atoms with Crippen molar-refractivity contribution >= 4 is 45.3 Å². The molecule has 2 aromatic carbocycles. The second-order valence-electron chi connectivity index (χ2n) is 7.54. The molecule has 0 radical (unpaired) electrons. The van der Waals surface area contributed by atoms with E-state index >= 15 is 0 Å². The lowest BCUT2D eigenvalue weighted by atomic mass is 10.1. The Morgan fingerprint density at radius 1 is 0.714 bits per heavy atom. The van der Waals surface area contributed by atoms with Gasteiger partial charge in [0.25, 0.3) is 11.6 Å².